The molecule has 0 aromatic heterocycles. The number of aliphatic hydroxyl groups is 3. The van der Waals surface area contributed by atoms with Crippen LogP contribution in [0.15, 0.2) is 35.5 Å². The number of allylic oxidation sites excluding steroid dienone is 6. The Hall–Kier alpha value is -1.71. The average Bonchev–Trinajstić information content (AvgIpc) is 2.10. The fourth-order valence-electron chi connectivity index (χ4n) is 0.882. The van der Waals surface area contributed by atoms with E-state index in [4.69, 9.17) is 15.3 Å². The van der Waals surface area contributed by atoms with Crippen molar-refractivity contribution in [2.45, 2.75) is 41.5 Å². The standard InChI is InChI=1S/3C5H8O2.Re/c3*1-4(6)3-5(2)7;/h3*3,6H,1-2H3;/b4-3+;2*4-3-;. The van der Waals surface area contributed by atoms with Crippen LogP contribution in [0.3, 0.4) is 0 Å². The Bertz CT molecular complexity index is 368. The third-order valence-electron chi connectivity index (χ3n) is 1.24. The molecule has 22 heavy (non-hydrogen) atoms. The summed E-state index contributed by atoms with van der Waals surface area (Å²) in [5, 5.41) is 25.1. The molecular weight excluding hydrogens is 462 g/mol. The van der Waals surface area contributed by atoms with E-state index in [1.807, 2.05) is 0 Å². The van der Waals surface area contributed by atoms with Gasteiger partial charge in [0.25, 0.3) is 0 Å². The number of rotatable bonds is 3. The van der Waals surface area contributed by atoms with E-state index in [9.17, 15) is 14.4 Å². The molecule has 0 bridgehead atoms. The largest absolute Gasteiger partial charge is 0.512 e. The van der Waals surface area contributed by atoms with Gasteiger partial charge in [0.15, 0.2) is 17.3 Å². The fraction of sp³-hybridized carbons (Fsp3) is 0.400. The van der Waals surface area contributed by atoms with Crippen LogP contribution in [0.5, 0.6) is 0 Å². The molecule has 0 aliphatic heterocycles. The summed E-state index contributed by atoms with van der Waals surface area (Å²) < 4.78 is 0. The molecule has 0 amide bonds. The molecule has 3 N–H and O–H groups in total. The molecule has 0 saturated carbocycles. The van der Waals surface area contributed by atoms with Gasteiger partial charge in [0, 0.05) is 38.7 Å². The molecule has 0 aromatic carbocycles. The summed E-state index contributed by atoms with van der Waals surface area (Å²) in [6.45, 7) is 8.54. The van der Waals surface area contributed by atoms with Gasteiger partial charge in [0.2, 0.25) is 0 Å². The number of hydrogen-bond acceptors (Lipinski definition) is 6. The van der Waals surface area contributed by atoms with Crippen LogP contribution in [0.4, 0.5) is 0 Å². The molecule has 0 heterocycles. The monoisotopic (exact) mass is 487 g/mol. The molecule has 127 valence electrons. The van der Waals surface area contributed by atoms with Crippen molar-refractivity contribution in [3.8, 4) is 0 Å². The van der Waals surface area contributed by atoms with Gasteiger partial charge in [-0.15, -0.1) is 0 Å². The summed E-state index contributed by atoms with van der Waals surface area (Å²) in [5.74, 6) is -0.187. The zero-order valence-electron chi connectivity index (χ0n) is 13.7. The number of aliphatic hydroxyl groups excluding tert-OH is 3. The molecular formula is C15H24O6Re. The average molecular weight is 487 g/mol. The van der Waals surface area contributed by atoms with Crippen LogP contribution in [0, 0.1) is 0 Å². The Balaban J connectivity index is -0.000000108. The minimum Gasteiger partial charge on any atom is -0.512 e. The topological polar surface area (TPSA) is 112 Å². The van der Waals surface area contributed by atoms with Crippen LogP contribution in [0.1, 0.15) is 41.5 Å². The van der Waals surface area contributed by atoms with Gasteiger partial charge in [0.1, 0.15) is 0 Å². The van der Waals surface area contributed by atoms with Gasteiger partial charge in [0.05, 0.1) is 17.3 Å². The number of carbonyl (C=O) groups is 3. The Morgan fingerprint density at radius 3 is 0.682 bits per heavy atom. The smallest absolute Gasteiger partial charge is 0.155 e. The summed E-state index contributed by atoms with van der Waals surface area (Å²) in [6, 6.07) is 0. The molecule has 1 radical (unpaired) electrons. The normalized spacial score (nSPS) is 10.9. The van der Waals surface area contributed by atoms with Crippen molar-refractivity contribution >= 4 is 17.3 Å². The van der Waals surface area contributed by atoms with E-state index in [0.717, 1.165) is 0 Å². The zero-order valence-corrected chi connectivity index (χ0v) is 16.4. The van der Waals surface area contributed by atoms with E-state index < -0.39 is 0 Å². The Labute approximate surface area is 144 Å². The Morgan fingerprint density at radius 2 is 0.682 bits per heavy atom. The second-order valence-electron chi connectivity index (χ2n) is 4.19. The van der Waals surface area contributed by atoms with Crippen LogP contribution in [0.25, 0.3) is 0 Å². The molecule has 0 aliphatic carbocycles. The van der Waals surface area contributed by atoms with E-state index in [0.29, 0.717) is 0 Å². The first kappa shape index (κ1) is 28.5. The molecule has 7 heteroatoms. The van der Waals surface area contributed by atoms with Crippen molar-refractivity contribution in [3.63, 3.8) is 0 Å². The van der Waals surface area contributed by atoms with Crippen molar-refractivity contribution in [1.29, 1.82) is 0 Å². The minimum atomic E-state index is -0.125. The maximum atomic E-state index is 10.0. The van der Waals surface area contributed by atoms with Gasteiger partial charge in [-0.2, -0.15) is 0 Å². The second kappa shape index (κ2) is 17.3. The third kappa shape index (κ3) is 51.6. The zero-order chi connectivity index (χ0) is 17.6. The van der Waals surface area contributed by atoms with Gasteiger partial charge in [-0.05, 0) is 41.5 Å². The predicted molar refractivity (Wildman–Crippen MR) is 81.2 cm³/mol. The van der Waals surface area contributed by atoms with Crippen LogP contribution in [0.2, 0.25) is 0 Å². The SMILES string of the molecule is CC(=O)/C=C(/C)O.CC(=O)/C=C(/C)O.CC(=O)/C=C(\C)O.[Re]. The van der Waals surface area contributed by atoms with Crippen molar-refractivity contribution in [2.75, 3.05) is 0 Å². The van der Waals surface area contributed by atoms with Crippen molar-refractivity contribution < 1.29 is 50.1 Å². The maximum absolute atomic E-state index is 10.0. The second-order valence-corrected chi connectivity index (χ2v) is 4.19. The van der Waals surface area contributed by atoms with E-state index in [1.54, 1.807) is 0 Å². The van der Waals surface area contributed by atoms with Gasteiger partial charge >= 0.3 is 0 Å². The molecule has 0 rings (SSSR count). The number of hydrogen-bond donors (Lipinski definition) is 3. The number of ketones is 3. The molecule has 0 atom stereocenters. The van der Waals surface area contributed by atoms with Gasteiger partial charge in [-0.25, -0.2) is 0 Å². The first-order valence-corrected chi connectivity index (χ1v) is 6.02. The summed E-state index contributed by atoms with van der Waals surface area (Å²) >= 11 is 0. The van der Waals surface area contributed by atoms with Crippen molar-refractivity contribution in [3.05, 3.63) is 35.5 Å². The van der Waals surface area contributed by atoms with Crippen LogP contribution < -0.4 is 0 Å². The van der Waals surface area contributed by atoms with E-state index in [2.05, 4.69) is 0 Å². The molecule has 0 aliphatic rings. The predicted octanol–water partition coefficient (Wildman–Crippen LogP) is 3.11. The van der Waals surface area contributed by atoms with Crippen molar-refractivity contribution in [1.82, 2.24) is 0 Å². The molecule has 0 unspecified atom stereocenters. The quantitative estimate of drug-likeness (QED) is 0.418. The molecule has 6 nitrogen and oxygen atoms in total. The maximum Gasteiger partial charge on any atom is 0.155 e. The molecule has 0 fully saturated rings. The number of carbonyl (C=O) groups excluding carboxylic acids is 3. The minimum absolute atomic E-state index is 0. The Kier molecular flexibility index (Phi) is 22.4. The van der Waals surface area contributed by atoms with E-state index in [1.165, 1.54) is 59.8 Å². The summed E-state index contributed by atoms with van der Waals surface area (Å²) in [7, 11) is 0. The Morgan fingerprint density at radius 1 is 0.545 bits per heavy atom. The van der Waals surface area contributed by atoms with Crippen LogP contribution in [-0.4, -0.2) is 32.7 Å². The fourth-order valence-corrected chi connectivity index (χ4v) is 0.882. The summed E-state index contributed by atoms with van der Waals surface area (Å²) in [4.78, 5) is 30.1. The van der Waals surface area contributed by atoms with E-state index >= 15 is 0 Å². The van der Waals surface area contributed by atoms with E-state index in [-0.39, 0.29) is 55.1 Å². The van der Waals surface area contributed by atoms with Gasteiger partial charge in [-0.1, -0.05) is 0 Å². The first-order chi connectivity index (χ1) is 9.38. The third-order valence-corrected chi connectivity index (χ3v) is 1.24. The molecule has 0 spiro atoms. The van der Waals surface area contributed by atoms with Crippen molar-refractivity contribution in [2.24, 2.45) is 0 Å². The first-order valence-electron chi connectivity index (χ1n) is 6.02. The van der Waals surface area contributed by atoms with Gasteiger partial charge in [-0.3, -0.25) is 14.4 Å². The molecule has 0 aromatic rings. The van der Waals surface area contributed by atoms with Gasteiger partial charge < -0.3 is 15.3 Å². The summed E-state index contributed by atoms with van der Waals surface area (Å²) in [6.07, 6.45) is 3.50. The summed E-state index contributed by atoms with van der Waals surface area (Å²) in [5.41, 5.74) is 0. The molecule has 0 saturated heterocycles. The van der Waals surface area contributed by atoms with Crippen LogP contribution in [-0.2, 0) is 34.8 Å². The van der Waals surface area contributed by atoms with Crippen LogP contribution >= 0.6 is 0 Å².